The Labute approximate surface area is 171 Å². The molecular formula is C22H25N3O3S. The zero-order chi connectivity index (χ0) is 21.0. The first-order valence-electron chi connectivity index (χ1n) is 9.47. The van der Waals surface area contributed by atoms with Crippen molar-refractivity contribution in [3.8, 4) is 11.3 Å². The maximum absolute atomic E-state index is 12.3. The molecule has 0 aliphatic heterocycles. The molecule has 1 aromatic heterocycles. The average Bonchev–Trinajstić information content (AvgIpc) is 2.73. The van der Waals surface area contributed by atoms with Crippen molar-refractivity contribution in [2.75, 3.05) is 5.73 Å². The maximum atomic E-state index is 12.3. The van der Waals surface area contributed by atoms with Crippen molar-refractivity contribution in [3.63, 3.8) is 0 Å². The summed E-state index contributed by atoms with van der Waals surface area (Å²) in [5, 5.41) is 9.89. The van der Waals surface area contributed by atoms with E-state index in [4.69, 9.17) is 5.73 Å². The first-order valence-corrected chi connectivity index (χ1v) is 11.0. The van der Waals surface area contributed by atoms with Gasteiger partial charge in [0.2, 0.25) is 0 Å². The van der Waals surface area contributed by atoms with Gasteiger partial charge in [-0.15, -0.1) is 0 Å². The van der Waals surface area contributed by atoms with Crippen LogP contribution in [0.25, 0.3) is 11.3 Å². The van der Waals surface area contributed by atoms with Crippen LogP contribution >= 0.6 is 0 Å². The molecule has 152 valence electrons. The lowest BCUT2D eigenvalue weighted by atomic mass is 10.0. The zero-order valence-electron chi connectivity index (χ0n) is 16.5. The van der Waals surface area contributed by atoms with Crippen molar-refractivity contribution in [2.45, 2.75) is 42.9 Å². The van der Waals surface area contributed by atoms with E-state index in [1.165, 1.54) is 0 Å². The molecule has 0 aliphatic carbocycles. The minimum absolute atomic E-state index is 0.283. The van der Waals surface area contributed by atoms with Crippen molar-refractivity contribution in [3.05, 3.63) is 72.1 Å². The minimum Gasteiger partial charge on any atom is -0.388 e. The standard InChI is InChI=1S/C22H25N3O3S/c1-15(2)29(27,28)18-10-8-16(9-11-18)20-14-24-22(23)19(25-20)12-13-21(26)17-6-4-3-5-7-17/h3-11,14-15,21,26H,12-13H2,1-2H3,(H2,23,24)/t21-/m0/s1. The van der Waals surface area contributed by atoms with Gasteiger partial charge in [0, 0.05) is 5.56 Å². The Bertz CT molecular complexity index is 1070. The van der Waals surface area contributed by atoms with Crippen LogP contribution in [0, 0.1) is 0 Å². The molecule has 2 aromatic carbocycles. The normalized spacial score (nSPS) is 12.8. The van der Waals surface area contributed by atoms with E-state index in [0.29, 0.717) is 30.0 Å². The van der Waals surface area contributed by atoms with E-state index in [2.05, 4.69) is 9.97 Å². The molecule has 0 amide bonds. The molecule has 6 nitrogen and oxygen atoms in total. The van der Waals surface area contributed by atoms with Crippen LogP contribution in [0.2, 0.25) is 0 Å². The number of sulfone groups is 1. The zero-order valence-corrected chi connectivity index (χ0v) is 17.3. The Morgan fingerprint density at radius 1 is 1.03 bits per heavy atom. The molecule has 0 saturated heterocycles. The van der Waals surface area contributed by atoms with Gasteiger partial charge in [0.1, 0.15) is 5.82 Å². The molecular weight excluding hydrogens is 386 g/mol. The minimum atomic E-state index is -3.32. The summed E-state index contributed by atoms with van der Waals surface area (Å²) in [6, 6.07) is 16.0. The number of hydrogen-bond acceptors (Lipinski definition) is 6. The second-order valence-electron chi connectivity index (χ2n) is 7.17. The summed E-state index contributed by atoms with van der Waals surface area (Å²) >= 11 is 0. The number of aromatic nitrogens is 2. The molecule has 3 rings (SSSR count). The summed E-state index contributed by atoms with van der Waals surface area (Å²) in [7, 11) is -3.32. The summed E-state index contributed by atoms with van der Waals surface area (Å²) in [4.78, 5) is 9.09. The SMILES string of the molecule is CC(C)S(=O)(=O)c1ccc(-c2cnc(N)c(CC[C@H](O)c3ccccc3)n2)cc1. The number of nitrogens with zero attached hydrogens (tertiary/aromatic N) is 2. The number of benzene rings is 2. The number of hydrogen-bond donors (Lipinski definition) is 2. The highest BCUT2D eigenvalue weighted by molar-refractivity contribution is 7.92. The van der Waals surface area contributed by atoms with Gasteiger partial charge in [-0.1, -0.05) is 42.5 Å². The van der Waals surface area contributed by atoms with E-state index in [-0.39, 0.29) is 4.90 Å². The molecule has 0 fully saturated rings. The van der Waals surface area contributed by atoms with E-state index in [1.54, 1.807) is 44.3 Å². The molecule has 0 saturated carbocycles. The number of aliphatic hydroxyl groups is 1. The summed E-state index contributed by atoms with van der Waals surface area (Å²) in [6.07, 6.45) is 1.90. The quantitative estimate of drug-likeness (QED) is 0.615. The second-order valence-corrected chi connectivity index (χ2v) is 9.67. The molecule has 0 bridgehead atoms. The fourth-order valence-electron chi connectivity index (χ4n) is 2.96. The van der Waals surface area contributed by atoms with Crippen molar-refractivity contribution >= 4 is 15.7 Å². The second kappa shape index (κ2) is 8.71. The third-order valence-corrected chi connectivity index (χ3v) is 6.99. The van der Waals surface area contributed by atoms with Crippen LogP contribution in [0.1, 0.15) is 37.6 Å². The summed E-state index contributed by atoms with van der Waals surface area (Å²) in [5.41, 5.74) is 8.79. The summed E-state index contributed by atoms with van der Waals surface area (Å²) in [5.74, 6) is 0.327. The van der Waals surface area contributed by atoms with Gasteiger partial charge in [0.25, 0.3) is 0 Å². The highest BCUT2D eigenvalue weighted by Crippen LogP contribution is 2.24. The lowest BCUT2D eigenvalue weighted by Crippen LogP contribution is -2.13. The third kappa shape index (κ3) is 4.81. The first kappa shape index (κ1) is 21.0. The van der Waals surface area contributed by atoms with Crippen molar-refractivity contribution in [2.24, 2.45) is 0 Å². The monoisotopic (exact) mass is 411 g/mol. The van der Waals surface area contributed by atoms with Crippen molar-refractivity contribution in [1.82, 2.24) is 9.97 Å². The van der Waals surface area contributed by atoms with Crippen molar-refractivity contribution < 1.29 is 13.5 Å². The number of rotatable bonds is 7. The lowest BCUT2D eigenvalue weighted by molar-refractivity contribution is 0.167. The molecule has 3 N–H and O–H groups in total. The van der Waals surface area contributed by atoms with Gasteiger partial charge in [-0.3, -0.25) is 0 Å². The highest BCUT2D eigenvalue weighted by Gasteiger charge is 2.19. The van der Waals surface area contributed by atoms with Crippen LogP contribution in [0.4, 0.5) is 5.82 Å². The van der Waals surface area contributed by atoms with E-state index >= 15 is 0 Å². The van der Waals surface area contributed by atoms with Crippen LogP contribution in [-0.4, -0.2) is 28.7 Å². The molecule has 0 spiro atoms. The molecule has 29 heavy (non-hydrogen) atoms. The van der Waals surface area contributed by atoms with E-state index in [1.807, 2.05) is 30.3 Å². The predicted molar refractivity (Wildman–Crippen MR) is 114 cm³/mol. The number of aliphatic hydroxyl groups excluding tert-OH is 1. The lowest BCUT2D eigenvalue weighted by Gasteiger charge is -2.12. The maximum Gasteiger partial charge on any atom is 0.180 e. The van der Waals surface area contributed by atoms with Crippen LogP contribution < -0.4 is 5.73 Å². The van der Waals surface area contributed by atoms with Gasteiger partial charge >= 0.3 is 0 Å². The van der Waals surface area contributed by atoms with E-state index in [0.717, 1.165) is 11.1 Å². The Morgan fingerprint density at radius 3 is 2.31 bits per heavy atom. The van der Waals surface area contributed by atoms with Crippen LogP contribution in [0.3, 0.4) is 0 Å². The van der Waals surface area contributed by atoms with Crippen molar-refractivity contribution in [1.29, 1.82) is 0 Å². The molecule has 1 heterocycles. The smallest absolute Gasteiger partial charge is 0.180 e. The van der Waals surface area contributed by atoms with Crippen LogP contribution in [0.15, 0.2) is 65.7 Å². The Hall–Kier alpha value is -2.77. The van der Waals surface area contributed by atoms with Gasteiger partial charge in [-0.2, -0.15) is 0 Å². The summed E-state index contributed by atoms with van der Waals surface area (Å²) < 4.78 is 24.6. The van der Waals surface area contributed by atoms with Gasteiger partial charge in [-0.05, 0) is 44.4 Å². The first-order chi connectivity index (χ1) is 13.8. The Kier molecular flexibility index (Phi) is 6.30. The third-order valence-electron chi connectivity index (χ3n) is 4.82. The van der Waals surface area contributed by atoms with E-state index in [9.17, 15) is 13.5 Å². The molecule has 0 radical (unpaired) electrons. The van der Waals surface area contributed by atoms with E-state index < -0.39 is 21.2 Å². The predicted octanol–water partition coefficient (Wildman–Crippen LogP) is 3.57. The molecule has 1 atom stereocenters. The van der Waals surface area contributed by atoms with Gasteiger partial charge in [0.05, 0.1) is 33.8 Å². The number of aryl methyl sites for hydroxylation is 1. The number of nitrogen functional groups attached to an aromatic ring is 1. The van der Waals surface area contributed by atoms with Gasteiger partial charge < -0.3 is 10.8 Å². The highest BCUT2D eigenvalue weighted by atomic mass is 32.2. The Balaban J connectivity index is 1.78. The number of nitrogens with two attached hydrogens (primary N) is 1. The molecule has 0 aliphatic rings. The fourth-order valence-corrected chi connectivity index (χ4v) is 4.02. The fraction of sp³-hybridized carbons (Fsp3) is 0.273. The summed E-state index contributed by atoms with van der Waals surface area (Å²) in [6.45, 7) is 3.32. The largest absolute Gasteiger partial charge is 0.388 e. The van der Waals surface area contributed by atoms with Gasteiger partial charge in [0.15, 0.2) is 9.84 Å². The number of anilines is 1. The van der Waals surface area contributed by atoms with Gasteiger partial charge in [-0.25, -0.2) is 18.4 Å². The molecule has 7 heteroatoms. The average molecular weight is 412 g/mol. The topological polar surface area (TPSA) is 106 Å². The van der Waals surface area contributed by atoms with Crippen LogP contribution in [0.5, 0.6) is 0 Å². The Morgan fingerprint density at radius 2 is 1.69 bits per heavy atom. The molecule has 3 aromatic rings. The van der Waals surface area contributed by atoms with Crippen LogP contribution in [-0.2, 0) is 16.3 Å². The molecule has 0 unspecified atom stereocenters.